The van der Waals surface area contributed by atoms with Crippen LogP contribution in [0, 0.1) is 0 Å². The number of anilines is 1. The third-order valence-corrected chi connectivity index (χ3v) is 2.78. The molecule has 1 amide bonds. The summed E-state index contributed by atoms with van der Waals surface area (Å²) in [5.74, 6) is -0.0652. The van der Waals surface area contributed by atoms with E-state index < -0.39 is 0 Å². The molecule has 2 aromatic rings. The van der Waals surface area contributed by atoms with Gasteiger partial charge < -0.3 is 9.88 Å². The maximum absolute atomic E-state index is 11.9. The summed E-state index contributed by atoms with van der Waals surface area (Å²) >= 11 is 0. The van der Waals surface area contributed by atoms with Gasteiger partial charge in [0.05, 0.1) is 6.33 Å². The Labute approximate surface area is 112 Å². The lowest BCUT2D eigenvalue weighted by atomic mass is 10.2. The summed E-state index contributed by atoms with van der Waals surface area (Å²) in [5, 5.41) is 2.89. The van der Waals surface area contributed by atoms with Gasteiger partial charge in [0.15, 0.2) is 0 Å². The van der Waals surface area contributed by atoms with Crippen LogP contribution in [-0.4, -0.2) is 15.5 Å². The lowest BCUT2D eigenvalue weighted by Crippen LogP contribution is -2.12. The fraction of sp³-hybridized carbons (Fsp3) is 0.200. The molecule has 0 fully saturated rings. The fourth-order valence-corrected chi connectivity index (χ4v) is 1.78. The fourth-order valence-electron chi connectivity index (χ4n) is 1.78. The normalized spacial score (nSPS) is 11.4. The first-order valence-corrected chi connectivity index (χ1v) is 6.27. The highest BCUT2D eigenvalue weighted by molar-refractivity contribution is 6.03. The smallest absolute Gasteiger partial charge is 0.250 e. The summed E-state index contributed by atoms with van der Waals surface area (Å²) < 4.78 is 1.89. The molecule has 0 aliphatic rings. The summed E-state index contributed by atoms with van der Waals surface area (Å²) in [4.78, 5) is 15.9. The number of hydrogen-bond donors (Lipinski definition) is 1. The Balaban J connectivity index is 2.16. The molecule has 0 bridgehead atoms. The molecule has 0 aliphatic heterocycles. The number of nitrogens with one attached hydrogen (secondary N) is 1. The summed E-state index contributed by atoms with van der Waals surface area (Å²) in [5.41, 5.74) is 2.48. The van der Waals surface area contributed by atoms with E-state index in [0.717, 1.165) is 23.4 Å². The van der Waals surface area contributed by atoms with E-state index in [-0.39, 0.29) is 5.91 Å². The second-order valence-electron chi connectivity index (χ2n) is 4.27. The van der Waals surface area contributed by atoms with Gasteiger partial charge in [-0.25, -0.2) is 4.98 Å². The van der Waals surface area contributed by atoms with Crippen molar-refractivity contribution in [1.82, 2.24) is 9.55 Å². The lowest BCUT2D eigenvalue weighted by Gasteiger charge is -2.08. The van der Waals surface area contributed by atoms with Crippen molar-refractivity contribution in [2.45, 2.75) is 20.3 Å². The Kier molecular flexibility index (Phi) is 4.13. The number of imidazole rings is 1. The Morgan fingerprint density at radius 3 is 3.00 bits per heavy atom. The van der Waals surface area contributed by atoms with Crippen LogP contribution in [0.5, 0.6) is 0 Å². The zero-order valence-electron chi connectivity index (χ0n) is 11.1. The average molecular weight is 255 g/mol. The number of allylic oxidation sites excluding steroid dienone is 1. The molecule has 0 atom stereocenters. The second kappa shape index (κ2) is 6.00. The number of carbonyl (C=O) groups excluding carboxylic acids is 1. The molecule has 0 radical (unpaired) electrons. The predicted octanol–water partition coefficient (Wildman–Crippen LogP) is 3.17. The third kappa shape index (κ3) is 3.31. The van der Waals surface area contributed by atoms with Gasteiger partial charge in [0.2, 0.25) is 0 Å². The van der Waals surface area contributed by atoms with Crippen molar-refractivity contribution < 1.29 is 4.79 Å². The molecule has 1 aromatic heterocycles. The molecule has 0 unspecified atom stereocenters. The highest BCUT2D eigenvalue weighted by Gasteiger charge is 2.05. The zero-order chi connectivity index (χ0) is 13.7. The molecule has 1 aromatic carbocycles. The topological polar surface area (TPSA) is 46.9 Å². The average Bonchev–Trinajstić information content (AvgIpc) is 2.93. The number of hydrogen-bond acceptors (Lipinski definition) is 2. The molecular formula is C15H17N3O. The van der Waals surface area contributed by atoms with Gasteiger partial charge in [-0.3, -0.25) is 4.79 Å². The van der Waals surface area contributed by atoms with E-state index in [1.165, 1.54) is 0 Å². The van der Waals surface area contributed by atoms with E-state index >= 15 is 0 Å². The van der Waals surface area contributed by atoms with Crippen molar-refractivity contribution in [2.75, 3.05) is 5.32 Å². The summed E-state index contributed by atoms with van der Waals surface area (Å²) in [6, 6.07) is 7.66. The number of aromatic nitrogens is 2. The van der Waals surface area contributed by atoms with E-state index in [1.54, 1.807) is 12.5 Å². The first-order chi connectivity index (χ1) is 9.20. The first kappa shape index (κ1) is 13.1. The maximum atomic E-state index is 11.9. The molecule has 0 aliphatic carbocycles. The standard InChI is InChI=1S/C15H17N3O/c1-3-5-12(2)15(19)17-13-6-4-7-14(10-13)18-9-8-16-11-18/h4-11H,3H2,1-2H3,(H,17,19)/b12-5+. The van der Waals surface area contributed by atoms with E-state index in [0.29, 0.717) is 0 Å². The van der Waals surface area contributed by atoms with E-state index in [1.807, 2.05) is 55.0 Å². The molecule has 4 nitrogen and oxygen atoms in total. The molecule has 0 saturated heterocycles. The molecular weight excluding hydrogens is 238 g/mol. The first-order valence-electron chi connectivity index (χ1n) is 6.27. The largest absolute Gasteiger partial charge is 0.322 e. The molecule has 4 heteroatoms. The van der Waals surface area contributed by atoms with E-state index in [9.17, 15) is 4.79 Å². The van der Waals surface area contributed by atoms with E-state index in [4.69, 9.17) is 0 Å². The molecule has 19 heavy (non-hydrogen) atoms. The zero-order valence-corrected chi connectivity index (χ0v) is 11.1. The highest BCUT2D eigenvalue weighted by Crippen LogP contribution is 2.15. The van der Waals surface area contributed by atoms with Crippen LogP contribution < -0.4 is 5.32 Å². The second-order valence-corrected chi connectivity index (χ2v) is 4.27. The minimum Gasteiger partial charge on any atom is -0.322 e. The van der Waals surface area contributed by atoms with Crippen LogP contribution in [0.4, 0.5) is 5.69 Å². The SMILES string of the molecule is CC/C=C(\C)C(=O)Nc1cccc(-n2ccnc2)c1. The van der Waals surface area contributed by atoms with Crippen LogP contribution in [0.1, 0.15) is 20.3 Å². The van der Waals surface area contributed by atoms with Crippen LogP contribution in [0.15, 0.2) is 54.6 Å². The van der Waals surface area contributed by atoms with Gasteiger partial charge in [-0.05, 0) is 31.5 Å². The molecule has 1 N–H and O–H groups in total. The Hall–Kier alpha value is -2.36. The molecule has 2 rings (SSSR count). The Morgan fingerprint density at radius 1 is 1.47 bits per heavy atom. The van der Waals surface area contributed by atoms with Gasteiger partial charge in [0, 0.05) is 29.3 Å². The maximum Gasteiger partial charge on any atom is 0.250 e. The molecule has 98 valence electrons. The molecule has 0 spiro atoms. The van der Waals surface area contributed by atoms with Crippen molar-refractivity contribution in [1.29, 1.82) is 0 Å². The number of nitrogens with zero attached hydrogens (tertiary/aromatic N) is 2. The number of benzene rings is 1. The van der Waals surface area contributed by atoms with Crippen LogP contribution >= 0.6 is 0 Å². The van der Waals surface area contributed by atoms with Crippen molar-refractivity contribution in [2.24, 2.45) is 0 Å². The highest BCUT2D eigenvalue weighted by atomic mass is 16.1. The summed E-state index contributed by atoms with van der Waals surface area (Å²) in [6.07, 6.45) is 8.08. The van der Waals surface area contributed by atoms with Crippen LogP contribution in [0.25, 0.3) is 5.69 Å². The minimum atomic E-state index is -0.0652. The summed E-state index contributed by atoms with van der Waals surface area (Å²) in [6.45, 7) is 3.83. The minimum absolute atomic E-state index is 0.0652. The van der Waals surface area contributed by atoms with Crippen molar-refractivity contribution in [3.8, 4) is 5.69 Å². The van der Waals surface area contributed by atoms with Gasteiger partial charge in [-0.15, -0.1) is 0 Å². The van der Waals surface area contributed by atoms with Gasteiger partial charge in [-0.2, -0.15) is 0 Å². The Morgan fingerprint density at radius 2 is 2.32 bits per heavy atom. The van der Waals surface area contributed by atoms with Crippen molar-refractivity contribution in [3.63, 3.8) is 0 Å². The van der Waals surface area contributed by atoms with Crippen molar-refractivity contribution >= 4 is 11.6 Å². The lowest BCUT2D eigenvalue weighted by molar-refractivity contribution is -0.112. The number of amides is 1. The molecule has 0 saturated carbocycles. The quantitative estimate of drug-likeness (QED) is 0.853. The van der Waals surface area contributed by atoms with Gasteiger partial charge >= 0.3 is 0 Å². The van der Waals surface area contributed by atoms with Crippen LogP contribution in [0.3, 0.4) is 0 Å². The monoisotopic (exact) mass is 255 g/mol. The van der Waals surface area contributed by atoms with Crippen molar-refractivity contribution in [3.05, 3.63) is 54.6 Å². The van der Waals surface area contributed by atoms with Crippen LogP contribution in [0.2, 0.25) is 0 Å². The van der Waals surface area contributed by atoms with Crippen LogP contribution in [-0.2, 0) is 4.79 Å². The van der Waals surface area contributed by atoms with Gasteiger partial charge in [0.1, 0.15) is 0 Å². The van der Waals surface area contributed by atoms with Gasteiger partial charge in [0.25, 0.3) is 5.91 Å². The predicted molar refractivity (Wildman–Crippen MR) is 76.2 cm³/mol. The van der Waals surface area contributed by atoms with Gasteiger partial charge in [-0.1, -0.05) is 19.1 Å². The third-order valence-electron chi connectivity index (χ3n) is 2.78. The number of carbonyl (C=O) groups is 1. The Bertz CT molecular complexity index is 585. The molecule has 1 heterocycles. The van der Waals surface area contributed by atoms with E-state index in [2.05, 4.69) is 10.3 Å². The summed E-state index contributed by atoms with van der Waals surface area (Å²) in [7, 11) is 0. The number of rotatable bonds is 4.